The van der Waals surface area contributed by atoms with Gasteiger partial charge < -0.3 is 5.32 Å². The van der Waals surface area contributed by atoms with Crippen molar-refractivity contribution < 1.29 is 4.79 Å². The third kappa shape index (κ3) is 4.16. The standard InChI is InChI=1S/C23H27N5O3/c1-15(29)24-17-9-7-16(8-10-17)14-28-13-5-4-6-20(28)19-12-11-18-21(25-19)26(2)23(31)27(3)22(18)30/h7-12,20H,4-6,13-14H2,1-3H3,(H,24,29). The van der Waals surface area contributed by atoms with Gasteiger partial charge in [0.1, 0.15) is 5.65 Å². The predicted molar refractivity (Wildman–Crippen MR) is 120 cm³/mol. The Bertz CT molecular complexity index is 1240. The summed E-state index contributed by atoms with van der Waals surface area (Å²) >= 11 is 0. The van der Waals surface area contributed by atoms with E-state index < -0.39 is 0 Å². The van der Waals surface area contributed by atoms with Gasteiger partial charge in [-0.25, -0.2) is 9.78 Å². The summed E-state index contributed by atoms with van der Waals surface area (Å²) in [4.78, 5) is 43.2. The lowest BCUT2D eigenvalue weighted by Gasteiger charge is -2.35. The topological polar surface area (TPSA) is 89.2 Å². The van der Waals surface area contributed by atoms with Crippen LogP contribution >= 0.6 is 0 Å². The quantitative estimate of drug-likeness (QED) is 0.698. The van der Waals surface area contributed by atoms with Crippen LogP contribution in [0.2, 0.25) is 0 Å². The molecule has 1 atom stereocenters. The molecule has 8 heteroatoms. The first-order chi connectivity index (χ1) is 14.8. The number of aryl methyl sites for hydroxylation is 1. The minimum Gasteiger partial charge on any atom is -0.326 e. The Labute approximate surface area is 180 Å². The molecule has 1 amide bonds. The molecule has 1 fully saturated rings. The second-order valence-corrected chi connectivity index (χ2v) is 8.17. The van der Waals surface area contributed by atoms with E-state index in [4.69, 9.17) is 4.98 Å². The summed E-state index contributed by atoms with van der Waals surface area (Å²) in [7, 11) is 3.13. The van der Waals surface area contributed by atoms with Gasteiger partial charge in [-0.3, -0.25) is 23.6 Å². The molecule has 3 aromatic rings. The van der Waals surface area contributed by atoms with Gasteiger partial charge in [-0.05, 0) is 49.2 Å². The zero-order chi connectivity index (χ0) is 22.1. The zero-order valence-electron chi connectivity index (χ0n) is 18.1. The van der Waals surface area contributed by atoms with Crippen LogP contribution in [0.15, 0.2) is 46.0 Å². The van der Waals surface area contributed by atoms with Crippen LogP contribution in [0.5, 0.6) is 0 Å². The maximum absolute atomic E-state index is 12.5. The molecule has 0 radical (unpaired) electrons. The van der Waals surface area contributed by atoms with E-state index in [-0.39, 0.29) is 23.2 Å². The van der Waals surface area contributed by atoms with Gasteiger partial charge in [-0.15, -0.1) is 0 Å². The van der Waals surface area contributed by atoms with E-state index in [2.05, 4.69) is 10.2 Å². The van der Waals surface area contributed by atoms with Crippen molar-refractivity contribution >= 4 is 22.6 Å². The minimum atomic E-state index is -0.373. The van der Waals surface area contributed by atoms with Gasteiger partial charge in [0.05, 0.1) is 17.1 Å². The van der Waals surface area contributed by atoms with Gasteiger partial charge in [0.15, 0.2) is 0 Å². The first kappa shape index (κ1) is 21.0. The predicted octanol–water partition coefficient (Wildman–Crippen LogP) is 2.32. The van der Waals surface area contributed by atoms with Gasteiger partial charge in [0, 0.05) is 33.3 Å². The Hall–Kier alpha value is -3.26. The van der Waals surface area contributed by atoms with Gasteiger partial charge in [0.2, 0.25) is 5.91 Å². The molecule has 1 aromatic carbocycles. The van der Waals surface area contributed by atoms with Gasteiger partial charge in [-0.1, -0.05) is 18.6 Å². The van der Waals surface area contributed by atoms with E-state index in [1.165, 1.54) is 18.5 Å². The lowest BCUT2D eigenvalue weighted by atomic mass is 9.97. The van der Waals surface area contributed by atoms with E-state index in [9.17, 15) is 14.4 Å². The van der Waals surface area contributed by atoms with Crippen LogP contribution in [-0.4, -0.2) is 31.5 Å². The molecular weight excluding hydrogens is 394 g/mol. The summed E-state index contributed by atoms with van der Waals surface area (Å²) in [5.41, 5.74) is 2.55. The average Bonchev–Trinajstić information content (AvgIpc) is 2.77. The van der Waals surface area contributed by atoms with E-state index in [0.717, 1.165) is 53.9 Å². The molecule has 2 aromatic heterocycles. The van der Waals surface area contributed by atoms with E-state index in [0.29, 0.717) is 11.0 Å². The van der Waals surface area contributed by atoms with Crippen molar-refractivity contribution in [2.75, 3.05) is 11.9 Å². The number of nitrogens with zero attached hydrogens (tertiary/aromatic N) is 4. The van der Waals surface area contributed by atoms with Crippen LogP contribution in [0, 0.1) is 0 Å². The number of nitrogens with one attached hydrogen (secondary N) is 1. The van der Waals surface area contributed by atoms with Crippen LogP contribution in [0.3, 0.4) is 0 Å². The van der Waals surface area contributed by atoms with Crippen LogP contribution < -0.4 is 16.6 Å². The number of fused-ring (bicyclic) bond motifs is 1. The van der Waals surface area contributed by atoms with Crippen molar-refractivity contribution in [3.05, 3.63) is 68.5 Å². The van der Waals surface area contributed by atoms with Crippen LogP contribution in [0.1, 0.15) is 43.5 Å². The highest BCUT2D eigenvalue weighted by molar-refractivity contribution is 5.88. The third-order valence-corrected chi connectivity index (χ3v) is 5.94. The van der Waals surface area contributed by atoms with Crippen molar-refractivity contribution in [3.8, 4) is 0 Å². The Morgan fingerprint density at radius 2 is 1.81 bits per heavy atom. The molecule has 0 spiro atoms. The van der Waals surface area contributed by atoms with E-state index in [1.54, 1.807) is 13.1 Å². The lowest BCUT2D eigenvalue weighted by molar-refractivity contribution is -0.114. The number of carbonyl (C=O) groups is 1. The number of piperidine rings is 1. The highest BCUT2D eigenvalue weighted by Gasteiger charge is 2.26. The Balaban J connectivity index is 1.64. The molecule has 0 saturated carbocycles. The second kappa shape index (κ2) is 8.47. The van der Waals surface area contributed by atoms with Crippen molar-refractivity contribution in [3.63, 3.8) is 0 Å². The molecule has 0 aliphatic carbocycles. The number of likely N-dealkylation sites (tertiary alicyclic amines) is 1. The number of benzene rings is 1. The van der Waals surface area contributed by atoms with Crippen molar-refractivity contribution in [1.29, 1.82) is 0 Å². The lowest BCUT2D eigenvalue weighted by Crippen LogP contribution is -2.38. The summed E-state index contributed by atoms with van der Waals surface area (Å²) in [5, 5.41) is 3.24. The maximum atomic E-state index is 12.5. The molecule has 31 heavy (non-hydrogen) atoms. The number of hydrogen-bond donors (Lipinski definition) is 1. The summed E-state index contributed by atoms with van der Waals surface area (Å²) in [6, 6.07) is 11.7. The summed E-state index contributed by atoms with van der Waals surface area (Å²) in [6.07, 6.45) is 3.20. The molecule has 1 unspecified atom stereocenters. The SMILES string of the molecule is CC(=O)Nc1ccc(CN2CCCCC2c2ccc3c(=O)n(C)c(=O)n(C)c3n2)cc1. The van der Waals surface area contributed by atoms with Gasteiger partial charge in [-0.2, -0.15) is 0 Å². The van der Waals surface area contributed by atoms with Crippen molar-refractivity contribution in [1.82, 2.24) is 19.0 Å². The normalized spacial score (nSPS) is 17.1. The number of amides is 1. The molecule has 0 bridgehead atoms. The van der Waals surface area contributed by atoms with Crippen molar-refractivity contribution in [2.24, 2.45) is 14.1 Å². The Kier molecular flexibility index (Phi) is 5.73. The summed E-state index contributed by atoms with van der Waals surface area (Å²) in [5.74, 6) is -0.0875. The number of carbonyl (C=O) groups excluding carboxylic acids is 1. The third-order valence-electron chi connectivity index (χ3n) is 5.94. The number of rotatable bonds is 4. The van der Waals surface area contributed by atoms with Gasteiger partial charge >= 0.3 is 5.69 Å². The van der Waals surface area contributed by atoms with Gasteiger partial charge in [0.25, 0.3) is 5.56 Å². The molecule has 1 aliphatic heterocycles. The monoisotopic (exact) mass is 421 g/mol. The molecule has 1 N–H and O–H groups in total. The highest BCUT2D eigenvalue weighted by atomic mass is 16.2. The molecule has 8 nitrogen and oxygen atoms in total. The molecule has 4 rings (SSSR count). The first-order valence-electron chi connectivity index (χ1n) is 10.5. The number of hydrogen-bond acceptors (Lipinski definition) is 5. The largest absolute Gasteiger partial charge is 0.332 e. The average molecular weight is 422 g/mol. The minimum absolute atomic E-state index is 0.0875. The highest BCUT2D eigenvalue weighted by Crippen LogP contribution is 2.31. The number of pyridine rings is 1. The second-order valence-electron chi connectivity index (χ2n) is 8.17. The molecule has 1 aliphatic rings. The van der Waals surface area contributed by atoms with Crippen LogP contribution in [0.25, 0.3) is 11.0 Å². The van der Waals surface area contributed by atoms with E-state index >= 15 is 0 Å². The molecule has 3 heterocycles. The van der Waals surface area contributed by atoms with Crippen LogP contribution in [-0.2, 0) is 25.4 Å². The summed E-state index contributed by atoms with van der Waals surface area (Å²) < 4.78 is 2.55. The molecular formula is C23H27N5O3. The molecule has 1 saturated heterocycles. The maximum Gasteiger partial charge on any atom is 0.332 e. The molecule has 162 valence electrons. The fourth-order valence-corrected chi connectivity index (χ4v) is 4.30. The smallest absolute Gasteiger partial charge is 0.326 e. The fraction of sp³-hybridized carbons (Fsp3) is 0.391. The number of aromatic nitrogens is 3. The Morgan fingerprint density at radius 1 is 1.06 bits per heavy atom. The zero-order valence-corrected chi connectivity index (χ0v) is 18.1. The van der Waals surface area contributed by atoms with E-state index in [1.807, 2.05) is 30.3 Å². The van der Waals surface area contributed by atoms with Crippen molar-refractivity contribution in [2.45, 2.75) is 38.8 Å². The number of anilines is 1. The Morgan fingerprint density at radius 3 is 2.52 bits per heavy atom. The first-order valence-corrected chi connectivity index (χ1v) is 10.5. The summed E-state index contributed by atoms with van der Waals surface area (Å²) in [6.45, 7) is 3.21. The fourth-order valence-electron chi connectivity index (χ4n) is 4.30. The van der Waals surface area contributed by atoms with Crippen LogP contribution in [0.4, 0.5) is 5.69 Å².